The van der Waals surface area contributed by atoms with Gasteiger partial charge in [0.15, 0.2) is 0 Å². The van der Waals surface area contributed by atoms with Gasteiger partial charge in [-0.15, -0.1) is 0 Å². The lowest BCUT2D eigenvalue weighted by molar-refractivity contribution is 0.0236. The summed E-state index contributed by atoms with van der Waals surface area (Å²) >= 11 is 0. The number of carbonyl (C=O) groups excluding carboxylic acids is 2. The van der Waals surface area contributed by atoms with Gasteiger partial charge in [0.2, 0.25) is 0 Å². The predicted molar refractivity (Wildman–Crippen MR) is 159 cm³/mol. The highest BCUT2D eigenvalue weighted by Crippen LogP contribution is 2.33. The van der Waals surface area contributed by atoms with Gasteiger partial charge >= 0.3 is 6.09 Å². The van der Waals surface area contributed by atoms with Crippen LogP contribution in [0.4, 0.5) is 9.18 Å². The SMILES string of the molecule is C[C@@H](NC(=O)c1cnn(C(C)(C)C)c1)c1ccc(C(=C2CCN(C(=O)OC(C)(C)C)CC2)c2ccc(F)cc2)cc1. The Kier molecular flexibility index (Phi) is 8.71. The second-order valence-electron chi connectivity index (χ2n) is 12.6. The van der Waals surface area contributed by atoms with E-state index in [0.29, 0.717) is 31.5 Å². The van der Waals surface area contributed by atoms with Gasteiger partial charge < -0.3 is 15.0 Å². The molecule has 1 N–H and O–H groups in total. The third-order valence-electron chi connectivity index (χ3n) is 7.08. The summed E-state index contributed by atoms with van der Waals surface area (Å²) in [4.78, 5) is 27.2. The van der Waals surface area contributed by atoms with Crippen molar-refractivity contribution in [2.45, 2.75) is 78.5 Å². The van der Waals surface area contributed by atoms with Crippen LogP contribution in [0.1, 0.15) is 94.4 Å². The molecule has 1 saturated heterocycles. The predicted octanol–water partition coefficient (Wildman–Crippen LogP) is 7.10. The van der Waals surface area contributed by atoms with Crippen LogP contribution in [-0.4, -0.2) is 45.4 Å². The van der Waals surface area contributed by atoms with E-state index >= 15 is 0 Å². The van der Waals surface area contributed by atoms with E-state index in [1.54, 1.807) is 34.1 Å². The van der Waals surface area contributed by atoms with Crippen LogP contribution in [0.25, 0.3) is 5.57 Å². The molecule has 0 unspecified atom stereocenters. The number of ether oxygens (including phenoxy) is 1. The van der Waals surface area contributed by atoms with Crippen LogP contribution in [0.15, 0.2) is 66.5 Å². The standard InChI is InChI=1S/C33H41FN4O3/c1-22(36-30(39)27-20-35-38(21-27)32(2,3)4)23-8-10-24(11-9-23)29(25-12-14-28(34)15-13-25)26-16-18-37(19-17-26)31(40)41-33(5,6)7/h8-15,20-22H,16-19H2,1-7H3,(H,36,39)/t22-/m1/s1. The lowest BCUT2D eigenvalue weighted by Crippen LogP contribution is -2.40. The number of amides is 2. The molecular formula is C33H41FN4O3. The fourth-order valence-corrected chi connectivity index (χ4v) is 4.84. The summed E-state index contributed by atoms with van der Waals surface area (Å²) in [5.41, 5.74) is 4.93. The molecule has 2 amide bonds. The zero-order valence-corrected chi connectivity index (χ0v) is 25.1. The van der Waals surface area contributed by atoms with Crippen molar-refractivity contribution in [3.63, 3.8) is 0 Å². The maximum atomic E-state index is 13.8. The topological polar surface area (TPSA) is 76.5 Å². The van der Waals surface area contributed by atoms with Gasteiger partial charge in [-0.2, -0.15) is 5.10 Å². The normalized spacial score (nSPS) is 14.9. The summed E-state index contributed by atoms with van der Waals surface area (Å²) in [6.07, 6.45) is 4.45. The number of nitrogens with zero attached hydrogens (tertiary/aromatic N) is 3. The van der Waals surface area contributed by atoms with Crippen molar-refractivity contribution in [1.82, 2.24) is 20.0 Å². The minimum Gasteiger partial charge on any atom is -0.444 e. The Balaban J connectivity index is 1.53. The number of nitrogens with one attached hydrogen (secondary N) is 1. The smallest absolute Gasteiger partial charge is 0.410 e. The lowest BCUT2D eigenvalue weighted by Gasteiger charge is -2.32. The Hall–Kier alpha value is -3.94. The van der Waals surface area contributed by atoms with Crippen molar-refractivity contribution in [3.05, 3.63) is 94.6 Å². The average Bonchev–Trinajstić information content (AvgIpc) is 3.41. The average molecular weight is 561 g/mol. The third-order valence-corrected chi connectivity index (χ3v) is 7.08. The van der Waals surface area contributed by atoms with E-state index in [-0.39, 0.29) is 29.4 Å². The largest absolute Gasteiger partial charge is 0.444 e. The number of hydrogen-bond acceptors (Lipinski definition) is 4. The molecular weight excluding hydrogens is 519 g/mol. The Morgan fingerprint density at radius 1 is 0.902 bits per heavy atom. The molecule has 1 aliphatic rings. The summed E-state index contributed by atoms with van der Waals surface area (Å²) in [5, 5.41) is 7.39. The number of hydrogen-bond donors (Lipinski definition) is 1. The number of rotatable bonds is 5. The Labute approximate surface area is 242 Å². The molecule has 0 aliphatic carbocycles. The third kappa shape index (κ3) is 7.63. The molecule has 2 heterocycles. The molecule has 0 radical (unpaired) electrons. The highest BCUT2D eigenvalue weighted by atomic mass is 19.1. The van der Waals surface area contributed by atoms with Crippen LogP contribution in [0.5, 0.6) is 0 Å². The highest BCUT2D eigenvalue weighted by molar-refractivity contribution is 5.94. The quantitative estimate of drug-likeness (QED) is 0.361. The monoisotopic (exact) mass is 560 g/mol. The summed E-state index contributed by atoms with van der Waals surface area (Å²) in [6, 6.07) is 14.4. The van der Waals surface area contributed by atoms with E-state index in [4.69, 9.17) is 4.74 Å². The van der Waals surface area contributed by atoms with Crippen molar-refractivity contribution in [2.24, 2.45) is 0 Å². The van der Waals surface area contributed by atoms with Gasteiger partial charge in [0.1, 0.15) is 11.4 Å². The molecule has 41 heavy (non-hydrogen) atoms. The first-order valence-electron chi connectivity index (χ1n) is 14.1. The van der Waals surface area contributed by atoms with Crippen LogP contribution < -0.4 is 5.32 Å². The minimum atomic E-state index is -0.542. The molecule has 2 aromatic carbocycles. The molecule has 4 rings (SSSR count). The summed E-state index contributed by atoms with van der Waals surface area (Å²) in [5.74, 6) is -0.464. The van der Waals surface area contributed by atoms with Gasteiger partial charge in [-0.25, -0.2) is 9.18 Å². The number of aromatic nitrogens is 2. The zero-order chi connectivity index (χ0) is 29.9. The Morgan fingerprint density at radius 2 is 1.46 bits per heavy atom. The molecule has 0 saturated carbocycles. The first-order valence-corrected chi connectivity index (χ1v) is 14.1. The molecule has 1 aromatic heterocycles. The molecule has 7 nitrogen and oxygen atoms in total. The van der Waals surface area contributed by atoms with E-state index in [1.165, 1.54) is 17.7 Å². The second kappa shape index (κ2) is 11.9. The van der Waals surface area contributed by atoms with Crippen molar-refractivity contribution in [2.75, 3.05) is 13.1 Å². The van der Waals surface area contributed by atoms with E-state index in [9.17, 15) is 14.0 Å². The minimum absolute atomic E-state index is 0.178. The molecule has 1 atom stereocenters. The Bertz CT molecular complexity index is 1400. The molecule has 3 aromatic rings. The van der Waals surface area contributed by atoms with Gasteiger partial charge in [0, 0.05) is 19.3 Å². The van der Waals surface area contributed by atoms with Gasteiger partial charge in [-0.3, -0.25) is 9.48 Å². The van der Waals surface area contributed by atoms with Crippen molar-refractivity contribution in [1.29, 1.82) is 0 Å². The van der Waals surface area contributed by atoms with Crippen molar-refractivity contribution >= 4 is 17.6 Å². The molecule has 1 aliphatic heterocycles. The van der Waals surface area contributed by atoms with Crippen LogP contribution in [0.3, 0.4) is 0 Å². The zero-order valence-electron chi connectivity index (χ0n) is 25.1. The fraction of sp³-hybridized carbons (Fsp3) is 0.424. The summed E-state index contributed by atoms with van der Waals surface area (Å²) < 4.78 is 21.1. The summed E-state index contributed by atoms with van der Waals surface area (Å²) in [6.45, 7) is 14.8. The van der Waals surface area contributed by atoms with Crippen molar-refractivity contribution in [3.8, 4) is 0 Å². The van der Waals surface area contributed by atoms with E-state index in [2.05, 4.69) is 10.4 Å². The van der Waals surface area contributed by atoms with Crippen LogP contribution >= 0.6 is 0 Å². The van der Waals surface area contributed by atoms with E-state index in [1.807, 2.05) is 72.7 Å². The molecule has 8 heteroatoms. The second-order valence-corrected chi connectivity index (χ2v) is 12.6. The van der Waals surface area contributed by atoms with Gasteiger partial charge in [0.25, 0.3) is 5.91 Å². The molecule has 0 spiro atoms. The number of piperidine rings is 1. The van der Waals surface area contributed by atoms with Crippen molar-refractivity contribution < 1.29 is 18.7 Å². The van der Waals surface area contributed by atoms with Crippen LogP contribution in [-0.2, 0) is 10.3 Å². The fourth-order valence-electron chi connectivity index (χ4n) is 4.84. The first-order chi connectivity index (χ1) is 19.2. The van der Waals surface area contributed by atoms with Gasteiger partial charge in [-0.1, -0.05) is 42.0 Å². The van der Waals surface area contributed by atoms with E-state index in [0.717, 1.165) is 22.3 Å². The molecule has 1 fully saturated rings. The highest BCUT2D eigenvalue weighted by Gasteiger charge is 2.26. The first kappa shape index (κ1) is 30.0. The maximum Gasteiger partial charge on any atom is 0.410 e. The lowest BCUT2D eigenvalue weighted by atomic mass is 9.88. The summed E-state index contributed by atoms with van der Waals surface area (Å²) in [7, 11) is 0. The Morgan fingerprint density at radius 3 is 1.98 bits per heavy atom. The van der Waals surface area contributed by atoms with Crippen LogP contribution in [0.2, 0.25) is 0 Å². The number of likely N-dealkylation sites (tertiary alicyclic amines) is 1. The van der Waals surface area contributed by atoms with Crippen LogP contribution in [0, 0.1) is 5.82 Å². The molecule has 218 valence electrons. The molecule has 0 bridgehead atoms. The number of benzene rings is 2. The number of carbonyl (C=O) groups is 2. The van der Waals surface area contributed by atoms with Gasteiger partial charge in [-0.05, 0) is 95.7 Å². The van der Waals surface area contributed by atoms with Gasteiger partial charge in [0.05, 0.1) is 23.3 Å². The van der Waals surface area contributed by atoms with E-state index < -0.39 is 5.60 Å². The maximum absolute atomic E-state index is 13.8. The number of halogens is 1.